The molecule has 1 unspecified atom stereocenters. The Bertz CT molecular complexity index is 168. The maximum Gasteiger partial charge on any atom is 0.0630 e. The van der Waals surface area contributed by atoms with Gasteiger partial charge in [-0.05, 0) is 32.9 Å². The molecule has 1 rings (SSSR count). The Labute approximate surface area is 99.3 Å². The summed E-state index contributed by atoms with van der Waals surface area (Å²) >= 11 is 0. The summed E-state index contributed by atoms with van der Waals surface area (Å²) in [7, 11) is 5.85. The Hall–Kier alpha value is -0.160. The smallest absolute Gasteiger partial charge is 0.0630 e. The lowest BCUT2D eigenvalue weighted by atomic mass is 10.2. The highest BCUT2D eigenvalue weighted by Gasteiger charge is 2.21. The number of hydrogen-bond acceptors (Lipinski definition) is 4. The standard InChI is InChI=1S/C12H26N2O2/c1-13-8-12(10-15-3)14(2)6-7-16-9-11-4-5-11/h11-13H,4-10H2,1-3H3. The van der Waals surface area contributed by atoms with Crippen LogP contribution in [-0.4, -0.2) is 65.1 Å². The minimum atomic E-state index is 0.430. The summed E-state index contributed by atoms with van der Waals surface area (Å²) in [6, 6.07) is 0.430. The van der Waals surface area contributed by atoms with Crippen LogP contribution in [0, 0.1) is 5.92 Å². The SMILES string of the molecule is CNCC(COC)N(C)CCOCC1CC1. The first kappa shape index (κ1) is 13.9. The number of hydrogen-bond donors (Lipinski definition) is 1. The fraction of sp³-hybridized carbons (Fsp3) is 1.00. The van der Waals surface area contributed by atoms with Gasteiger partial charge in [-0.25, -0.2) is 0 Å². The van der Waals surface area contributed by atoms with Gasteiger partial charge in [0.2, 0.25) is 0 Å². The molecule has 0 spiro atoms. The van der Waals surface area contributed by atoms with Crippen molar-refractivity contribution in [3.63, 3.8) is 0 Å². The Morgan fingerprint density at radius 3 is 2.75 bits per heavy atom. The monoisotopic (exact) mass is 230 g/mol. The molecule has 0 aromatic carbocycles. The number of ether oxygens (including phenoxy) is 2. The number of rotatable bonds is 10. The zero-order valence-electron chi connectivity index (χ0n) is 10.9. The molecule has 1 N–H and O–H groups in total. The highest BCUT2D eigenvalue weighted by molar-refractivity contribution is 4.73. The van der Waals surface area contributed by atoms with Crippen LogP contribution in [0.4, 0.5) is 0 Å². The van der Waals surface area contributed by atoms with Crippen molar-refractivity contribution >= 4 is 0 Å². The summed E-state index contributed by atoms with van der Waals surface area (Å²) in [5, 5.41) is 3.19. The molecule has 0 radical (unpaired) electrons. The van der Waals surface area contributed by atoms with Crippen molar-refractivity contribution in [2.75, 3.05) is 54.1 Å². The lowest BCUT2D eigenvalue weighted by Gasteiger charge is -2.27. The van der Waals surface area contributed by atoms with E-state index in [9.17, 15) is 0 Å². The highest BCUT2D eigenvalue weighted by atomic mass is 16.5. The van der Waals surface area contributed by atoms with Gasteiger partial charge < -0.3 is 14.8 Å². The van der Waals surface area contributed by atoms with Gasteiger partial charge in [-0.3, -0.25) is 4.90 Å². The van der Waals surface area contributed by atoms with Crippen molar-refractivity contribution in [1.29, 1.82) is 0 Å². The number of likely N-dealkylation sites (N-methyl/N-ethyl adjacent to an activating group) is 2. The van der Waals surface area contributed by atoms with E-state index in [1.165, 1.54) is 12.8 Å². The first-order valence-corrected chi connectivity index (χ1v) is 6.19. The van der Waals surface area contributed by atoms with E-state index >= 15 is 0 Å². The molecule has 0 aromatic rings. The summed E-state index contributed by atoms with van der Waals surface area (Å²) in [4.78, 5) is 2.30. The summed E-state index contributed by atoms with van der Waals surface area (Å²) in [5.74, 6) is 0.859. The maximum absolute atomic E-state index is 5.63. The average Bonchev–Trinajstić information content (AvgIpc) is 3.07. The summed E-state index contributed by atoms with van der Waals surface area (Å²) in [6.45, 7) is 4.47. The molecular formula is C12H26N2O2. The highest BCUT2D eigenvalue weighted by Crippen LogP contribution is 2.28. The van der Waals surface area contributed by atoms with E-state index < -0.39 is 0 Å². The topological polar surface area (TPSA) is 33.7 Å². The van der Waals surface area contributed by atoms with Gasteiger partial charge >= 0.3 is 0 Å². The van der Waals surface area contributed by atoms with E-state index in [2.05, 4.69) is 17.3 Å². The molecule has 4 nitrogen and oxygen atoms in total. The second-order valence-electron chi connectivity index (χ2n) is 4.67. The molecule has 1 fully saturated rings. The number of nitrogens with one attached hydrogen (secondary N) is 1. The van der Waals surface area contributed by atoms with Crippen molar-refractivity contribution in [1.82, 2.24) is 10.2 Å². The van der Waals surface area contributed by atoms with Crippen molar-refractivity contribution in [3.8, 4) is 0 Å². The van der Waals surface area contributed by atoms with Crippen molar-refractivity contribution < 1.29 is 9.47 Å². The molecule has 0 bridgehead atoms. The molecule has 16 heavy (non-hydrogen) atoms. The molecule has 4 heteroatoms. The molecule has 1 aliphatic carbocycles. The molecule has 96 valence electrons. The van der Waals surface area contributed by atoms with Crippen LogP contribution in [0.1, 0.15) is 12.8 Å². The predicted octanol–water partition coefficient (Wildman–Crippen LogP) is 0.579. The van der Waals surface area contributed by atoms with Gasteiger partial charge in [0.15, 0.2) is 0 Å². The van der Waals surface area contributed by atoms with Crippen LogP contribution in [0.25, 0.3) is 0 Å². The van der Waals surface area contributed by atoms with E-state index in [4.69, 9.17) is 9.47 Å². The second kappa shape index (κ2) is 8.01. The van der Waals surface area contributed by atoms with Gasteiger partial charge in [-0.1, -0.05) is 0 Å². The third-order valence-corrected chi connectivity index (χ3v) is 3.06. The van der Waals surface area contributed by atoms with Crippen LogP contribution in [0.15, 0.2) is 0 Å². The lowest BCUT2D eigenvalue weighted by molar-refractivity contribution is 0.0650. The molecule has 0 aromatic heterocycles. The van der Waals surface area contributed by atoms with E-state index in [-0.39, 0.29) is 0 Å². The van der Waals surface area contributed by atoms with Crippen molar-refractivity contribution in [2.45, 2.75) is 18.9 Å². The lowest BCUT2D eigenvalue weighted by Crippen LogP contribution is -2.43. The van der Waals surface area contributed by atoms with Crippen LogP contribution >= 0.6 is 0 Å². The van der Waals surface area contributed by atoms with Gasteiger partial charge in [0.1, 0.15) is 0 Å². The summed E-state index contributed by atoms with van der Waals surface area (Å²) in [5.41, 5.74) is 0. The number of nitrogens with zero attached hydrogens (tertiary/aromatic N) is 1. The maximum atomic E-state index is 5.63. The van der Waals surface area contributed by atoms with Gasteiger partial charge in [-0.2, -0.15) is 0 Å². The van der Waals surface area contributed by atoms with Gasteiger partial charge in [0, 0.05) is 32.8 Å². The van der Waals surface area contributed by atoms with Gasteiger partial charge in [0.25, 0.3) is 0 Å². The summed E-state index contributed by atoms with van der Waals surface area (Å²) < 4.78 is 10.8. The second-order valence-corrected chi connectivity index (χ2v) is 4.67. The van der Waals surface area contributed by atoms with Crippen LogP contribution in [0.2, 0.25) is 0 Å². The molecule has 1 aliphatic rings. The van der Waals surface area contributed by atoms with Gasteiger partial charge in [-0.15, -0.1) is 0 Å². The van der Waals surface area contributed by atoms with Crippen molar-refractivity contribution in [3.05, 3.63) is 0 Å². The fourth-order valence-electron chi connectivity index (χ4n) is 1.70. The quantitative estimate of drug-likeness (QED) is 0.557. The van der Waals surface area contributed by atoms with Crippen molar-refractivity contribution in [2.24, 2.45) is 5.92 Å². The molecule has 0 aliphatic heterocycles. The first-order chi connectivity index (χ1) is 7.77. The third kappa shape index (κ3) is 5.80. The largest absolute Gasteiger partial charge is 0.383 e. The van der Waals surface area contributed by atoms with E-state index in [1.807, 2.05) is 7.05 Å². The fourth-order valence-corrected chi connectivity index (χ4v) is 1.70. The van der Waals surface area contributed by atoms with E-state index in [0.29, 0.717) is 6.04 Å². The molecule has 1 saturated carbocycles. The third-order valence-electron chi connectivity index (χ3n) is 3.06. The number of methoxy groups -OCH3 is 1. The van der Waals surface area contributed by atoms with Crippen LogP contribution in [0.5, 0.6) is 0 Å². The van der Waals surface area contributed by atoms with Crippen LogP contribution in [-0.2, 0) is 9.47 Å². The van der Waals surface area contributed by atoms with E-state index in [0.717, 1.165) is 38.8 Å². The Kier molecular flexibility index (Phi) is 6.96. The van der Waals surface area contributed by atoms with Gasteiger partial charge in [0.05, 0.1) is 13.2 Å². The Morgan fingerprint density at radius 1 is 1.44 bits per heavy atom. The average molecular weight is 230 g/mol. The Balaban J connectivity index is 2.05. The molecule has 1 atom stereocenters. The van der Waals surface area contributed by atoms with Crippen LogP contribution < -0.4 is 5.32 Å². The summed E-state index contributed by atoms with van der Waals surface area (Å²) in [6.07, 6.45) is 2.73. The molecule has 0 amide bonds. The Morgan fingerprint density at radius 2 is 2.19 bits per heavy atom. The zero-order valence-corrected chi connectivity index (χ0v) is 10.9. The van der Waals surface area contributed by atoms with E-state index in [1.54, 1.807) is 7.11 Å². The zero-order chi connectivity index (χ0) is 11.8. The first-order valence-electron chi connectivity index (χ1n) is 6.19. The molecular weight excluding hydrogens is 204 g/mol. The molecule has 0 saturated heterocycles. The normalized spacial score (nSPS) is 18.0. The molecule has 0 heterocycles. The minimum absolute atomic E-state index is 0.430. The van der Waals surface area contributed by atoms with Crippen LogP contribution in [0.3, 0.4) is 0 Å². The predicted molar refractivity (Wildman–Crippen MR) is 65.8 cm³/mol. The minimum Gasteiger partial charge on any atom is -0.383 e.